The van der Waals surface area contributed by atoms with Crippen LogP contribution in [0.25, 0.3) is 0 Å². The zero-order valence-corrected chi connectivity index (χ0v) is 6.48. The minimum absolute atomic E-state index is 0.621. The lowest BCUT2D eigenvalue weighted by molar-refractivity contribution is 0.882. The van der Waals surface area contributed by atoms with Crippen LogP contribution >= 0.6 is 12.2 Å². The molecule has 0 spiro atoms. The molecule has 1 aliphatic heterocycles. The van der Waals surface area contributed by atoms with Gasteiger partial charge in [-0.05, 0) is 12.2 Å². The predicted octanol–water partition coefficient (Wildman–Crippen LogP) is 0.277. The summed E-state index contributed by atoms with van der Waals surface area (Å²) in [7, 11) is 0. The second kappa shape index (κ2) is 2.43. The molecule has 0 saturated heterocycles. The van der Waals surface area contributed by atoms with Gasteiger partial charge in [0.05, 0.1) is 0 Å². The van der Waals surface area contributed by atoms with Crippen molar-refractivity contribution in [2.24, 2.45) is 0 Å². The van der Waals surface area contributed by atoms with Gasteiger partial charge in [0.15, 0.2) is 5.11 Å². The minimum atomic E-state index is 0.621. The second-order valence-electron chi connectivity index (χ2n) is 2.20. The molecular formula is C6H6N4S. The Kier molecular flexibility index (Phi) is 1.43. The molecule has 1 aromatic rings. The van der Waals surface area contributed by atoms with Gasteiger partial charge in [-0.2, -0.15) is 0 Å². The third-order valence-corrected chi connectivity index (χ3v) is 1.71. The topological polar surface area (TPSA) is 49.8 Å². The first-order valence-electron chi connectivity index (χ1n) is 3.20. The highest BCUT2D eigenvalue weighted by Gasteiger charge is 2.10. The van der Waals surface area contributed by atoms with E-state index < -0.39 is 0 Å². The van der Waals surface area contributed by atoms with Crippen LogP contribution in [0.5, 0.6) is 0 Å². The maximum absolute atomic E-state index is 4.90. The van der Waals surface area contributed by atoms with Crippen molar-refractivity contribution in [2.45, 2.75) is 6.54 Å². The summed E-state index contributed by atoms with van der Waals surface area (Å²) in [6.07, 6.45) is 3.27. The monoisotopic (exact) mass is 166 g/mol. The van der Waals surface area contributed by atoms with Gasteiger partial charge in [-0.1, -0.05) is 0 Å². The molecule has 1 aliphatic rings. The standard InChI is InChI=1S/C6H6N4S/c11-6-8-2-4-1-7-3-9-5(4)10-6/h1,3H,2H2,(H2,7,8,9,10,11). The molecule has 2 N–H and O–H groups in total. The number of aromatic nitrogens is 2. The van der Waals surface area contributed by atoms with E-state index in [1.165, 1.54) is 6.33 Å². The average Bonchev–Trinajstić information content (AvgIpc) is 2.04. The molecule has 1 aromatic heterocycles. The van der Waals surface area contributed by atoms with E-state index in [9.17, 15) is 0 Å². The van der Waals surface area contributed by atoms with Crippen molar-refractivity contribution in [3.05, 3.63) is 18.1 Å². The lowest BCUT2D eigenvalue weighted by Crippen LogP contribution is -2.33. The van der Waals surface area contributed by atoms with Crippen LogP contribution in [0, 0.1) is 0 Å². The Hall–Kier alpha value is -1.23. The van der Waals surface area contributed by atoms with Gasteiger partial charge in [-0.3, -0.25) is 0 Å². The van der Waals surface area contributed by atoms with E-state index in [1.807, 2.05) is 0 Å². The molecule has 56 valence electrons. The van der Waals surface area contributed by atoms with Crippen molar-refractivity contribution in [2.75, 3.05) is 5.32 Å². The van der Waals surface area contributed by atoms with Crippen molar-refractivity contribution in [1.29, 1.82) is 0 Å². The summed E-state index contributed by atoms with van der Waals surface area (Å²) in [5.41, 5.74) is 1.04. The summed E-state index contributed by atoms with van der Waals surface area (Å²) in [5, 5.41) is 6.53. The highest BCUT2D eigenvalue weighted by molar-refractivity contribution is 7.80. The molecular weight excluding hydrogens is 160 g/mol. The first-order valence-corrected chi connectivity index (χ1v) is 3.61. The largest absolute Gasteiger partial charge is 0.358 e. The second-order valence-corrected chi connectivity index (χ2v) is 2.61. The number of hydrogen-bond donors (Lipinski definition) is 2. The highest BCUT2D eigenvalue weighted by Crippen LogP contribution is 2.12. The number of rotatable bonds is 0. The third kappa shape index (κ3) is 1.14. The van der Waals surface area contributed by atoms with Crippen LogP contribution in [0.2, 0.25) is 0 Å². The van der Waals surface area contributed by atoms with Gasteiger partial charge in [0.2, 0.25) is 0 Å². The van der Waals surface area contributed by atoms with Gasteiger partial charge in [0, 0.05) is 18.3 Å². The summed E-state index contributed by atoms with van der Waals surface area (Å²) in [5.74, 6) is 0.809. The first kappa shape index (κ1) is 6.48. The summed E-state index contributed by atoms with van der Waals surface area (Å²) >= 11 is 4.90. The maximum atomic E-state index is 4.90. The molecule has 0 radical (unpaired) electrons. The fourth-order valence-corrected chi connectivity index (χ4v) is 1.10. The number of nitrogens with zero attached hydrogens (tertiary/aromatic N) is 2. The Morgan fingerprint density at radius 3 is 3.36 bits per heavy atom. The lowest BCUT2D eigenvalue weighted by atomic mass is 10.3. The molecule has 2 heterocycles. The van der Waals surface area contributed by atoms with Crippen LogP contribution in [-0.4, -0.2) is 15.1 Å². The number of fused-ring (bicyclic) bond motifs is 1. The van der Waals surface area contributed by atoms with E-state index in [-0.39, 0.29) is 0 Å². The molecule has 2 rings (SSSR count). The van der Waals surface area contributed by atoms with Crippen molar-refractivity contribution >= 4 is 23.1 Å². The van der Waals surface area contributed by atoms with Crippen LogP contribution in [0.3, 0.4) is 0 Å². The maximum Gasteiger partial charge on any atom is 0.172 e. The van der Waals surface area contributed by atoms with Crippen molar-refractivity contribution in [3.63, 3.8) is 0 Å². The van der Waals surface area contributed by atoms with Gasteiger partial charge in [-0.25, -0.2) is 9.97 Å². The average molecular weight is 166 g/mol. The first-order chi connectivity index (χ1) is 5.36. The van der Waals surface area contributed by atoms with Crippen molar-refractivity contribution in [1.82, 2.24) is 15.3 Å². The fraction of sp³-hybridized carbons (Fsp3) is 0.167. The number of nitrogens with one attached hydrogen (secondary N) is 2. The summed E-state index contributed by atoms with van der Waals surface area (Å²) < 4.78 is 0. The summed E-state index contributed by atoms with van der Waals surface area (Å²) in [4.78, 5) is 7.91. The fourth-order valence-electron chi connectivity index (χ4n) is 0.928. The molecule has 0 amide bonds. The lowest BCUT2D eigenvalue weighted by Gasteiger charge is -2.17. The van der Waals surface area contributed by atoms with Crippen LogP contribution in [0.15, 0.2) is 12.5 Å². The van der Waals surface area contributed by atoms with Gasteiger partial charge in [0.25, 0.3) is 0 Å². The zero-order valence-electron chi connectivity index (χ0n) is 5.66. The molecule has 0 bridgehead atoms. The van der Waals surface area contributed by atoms with Gasteiger partial charge < -0.3 is 10.6 Å². The quantitative estimate of drug-likeness (QED) is 0.542. The Balaban J connectivity index is 2.41. The molecule has 0 aromatic carbocycles. The van der Waals surface area contributed by atoms with Crippen LogP contribution in [-0.2, 0) is 6.54 Å². The van der Waals surface area contributed by atoms with Crippen molar-refractivity contribution in [3.8, 4) is 0 Å². The molecule has 4 nitrogen and oxygen atoms in total. The highest BCUT2D eigenvalue weighted by atomic mass is 32.1. The molecule has 0 unspecified atom stereocenters. The minimum Gasteiger partial charge on any atom is -0.358 e. The van der Waals surface area contributed by atoms with E-state index in [0.29, 0.717) is 11.7 Å². The van der Waals surface area contributed by atoms with Crippen LogP contribution in [0.1, 0.15) is 5.56 Å². The molecule has 0 aliphatic carbocycles. The van der Waals surface area contributed by atoms with E-state index >= 15 is 0 Å². The number of anilines is 1. The summed E-state index contributed by atoms with van der Waals surface area (Å²) in [6, 6.07) is 0. The Morgan fingerprint density at radius 2 is 2.45 bits per heavy atom. The molecule has 0 saturated carbocycles. The van der Waals surface area contributed by atoms with Gasteiger partial charge in [0.1, 0.15) is 12.1 Å². The Labute approximate surface area is 69.1 Å². The van der Waals surface area contributed by atoms with Crippen LogP contribution < -0.4 is 10.6 Å². The van der Waals surface area contributed by atoms with E-state index in [1.54, 1.807) is 6.20 Å². The normalized spacial score (nSPS) is 14.7. The molecule has 5 heteroatoms. The smallest absolute Gasteiger partial charge is 0.172 e. The summed E-state index contributed by atoms with van der Waals surface area (Å²) in [6.45, 7) is 0.710. The molecule has 0 fully saturated rings. The number of thiocarbonyl (C=S) groups is 1. The SMILES string of the molecule is S=C1NCc2cncnc2N1. The molecule has 0 atom stereocenters. The molecule has 11 heavy (non-hydrogen) atoms. The van der Waals surface area contributed by atoms with Crippen LogP contribution in [0.4, 0.5) is 5.82 Å². The zero-order chi connectivity index (χ0) is 7.68. The number of hydrogen-bond acceptors (Lipinski definition) is 3. The van der Waals surface area contributed by atoms with E-state index in [0.717, 1.165) is 11.4 Å². The third-order valence-electron chi connectivity index (χ3n) is 1.46. The van der Waals surface area contributed by atoms with E-state index in [4.69, 9.17) is 12.2 Å². The predicted molar refractivity (Wildman–Crippen MR) is 45.1 cm³/mol. The Bertz CT molecular complexity index is 298. The van der Waals surface area contributed by atoms with Gasteiger partial charge >= 0.3 is 0 Å². The Morgan fingerprint density at radius 1 is 1.55 bits per heavy atom. The van der Waals surface area contributed by atoms with Gasteiger partial charge in [-0.15, -0.1) is 0 Å². The van der Waals surface area contributed by atoms with Crippen molar-refractivity contribution < 1.29 is 0 Å². The van der Waals surface area contributed by atoms with E-state index in [2.05, 4.69) is 20.6 Å².